The van der Waals surface area contributed by atoms with Crippen molar-refractivity contribution in [1.82, 2.24) is 0 Å². The highest BCUT2D eigenvalue weighted by atomic mass is 32.2. The molecule has 30 heavy (non-hydrogen) atoms. The van der Waals surface area contributed by atoms with Gasteiger partial charge in [-0.3, -0.25) is 28.3 Å². The third-order valence-electron chi connectivity index (χ3n) is 2.45. The van der Waals surface area contributed by atoms with E-state index in [0.29, 0.717) is 13.0 Å². The molecule has 0 aromatic rings. The fraction of sp³-hybridized carbons (Fsp3) is 0.636. The van der Waals surface area contributed by atoms with Gasteiger partial charge < -0.3 is 37.0 Å². The van der Waals surface area contributed by atoms with Crippen LogP contribution in [0, 0.1) is 0 Å². The van der Waals surface area contributed by atoms with E-state index in [4.69, 9.17) is 46.1 Å². The summed E-state index contributed by atoms with van der Waals surface area (Å²) in [7, 11) is -9.68. The first-order chi connectivity index (χ1) is 13.3. The van der Waals surface area contributed by atoms with Gasteiger partial charge in [-0.1, -0.05) is 0 Å². The maximum Gasteiger partial charge on any atom is 0.325 e. The number of carbonyl (C=O) groups is 4. The summed E-state index contributed by atoms with van der Waals surface area (Å²) in [6.07, 6.45) is -2.56. The molecule has 0 amide bonds. The molecule has 0 aromatic heterocycles. The third-order valence-corrected chi connectivity index (χ3v) is 4.63. The molecule has 0 aromatic carbocycles. The van der Waals surface area contributed by atoms with Crippen LogP contribution in [0.25, 0.3) is 0 Å². The number of aliphatic carboxylic acids is 4. The Bertz CT molecular complexity index is 727. The van der Waals surface area contributed by atoms with Crippen molar-refractivity contribution in [3.8, 4) is 0 Å². The Kier molecular flexibility index (Phi) is 15.6. The van der Waals surface area contributed by atoms with Crippen LogP contribution in [0.3, 0.4) is 0 Å². The fourth-order valence-corrected chi connectivity index (χ4v) is 2.34. The molecule has 0 bridgehead atoms. The Labute approximate surface area is 169 Å². The van der Waals surface area contributed by atoms with Gasteiger partial charge in [0.2, 0.25) is 0 Å². The van der Waals surface area contributed by atoms with Gasteiger partial charge in [0.05, 0.1) is 12.8 Å². The van der Waals surface area contributed by atoms with Crippen LogP contribution in [0.5, 0.6) is 0 Å². The molecule has 0 saturated carbocycles. The number of aliphatic hydroxyl groups is 1. The number of aliphatic hydroxyl groups excluding tert-OH is 1. The van der Waals surface area contributed by atoms with Crippen molar-refractivity contribution in [1.29, 1.82) is 0 Å². The summed E-state index contributed by atoms with van der Waals surface area (Å²) >= 11 is 0. The van der Waals surface area contributed by atoms with Gasteiger partial charge in [0.15, 0.2) is 10.5 Å². The molecule has 0 aliphatic carbocycles. The van der Waals surface area contributed by atoms with Crippen LogP contribution in [0.15, 0.2) is 0 Å². The zero-order chi connectivity index (χ0) is 24.9. The predicted molar refractivity (Wildman–Crippen MR) is 94.3 cm³/mol. The van der Waals surface area contributed by atoms with E-state index in [1.54, 1.807) is 0 Å². The summed E-state index contributed by atoms with van der Waals surface area (Å²) < 4.78 is 57.3. The smallest absolute Gasteiger partial charge is 0.325 e. The summed E-state index contributed by atoms with van der Waals surface area (Å²) in [5, 5.41) is 36.1. The van der Waals surface area contributed by atoms with E-state index in [-0.39, 0.29) is 0 Å². The van der Waals surface area contributed by atoms with Crippen molar-refractivity contribution in [2.24, 2.45) is 11.5 Å². The molecular formula is C11H22N2O15S2. The lowest BCUT2D eigenvalue weighted by Gasteiger charge is -2.04. The summed E-state index contributed by atoms with van der Waals surface area (Å²) in [4.78, 5) is 40.0. The Morgan fingerprint density at radius 3 is 1.03 bits per heavy atom. The Morgan fingerprint density at radius 2 is 1.00 bits per heavy atom. The maximum atomic E-state index is 10.2. The molecule has 0 fully saturated rings. The molecule has 178 valence electrons. The molecule has 0 spiro atoms. The molecular weight excluding hydrogens is 464 g/mol. The molecule has 0 rings (SSSR count). The summed E-state index contributed by atoms with van der Waals surface area (Å²) in [6.45, 7) is 0.456. The van der Waals surface area contributed by atoms with E-state index in [1.165, 1.54) is 0 Å². The zero-order valence-electron chi connectivity index (χ0n) is 14.9. The largest absolute Gasteiger partial charge is 0.481 e. The van der Waals surface area contributed by atoms with Gasteiger partial charge in [-0.05, 0) is 13.0 Å². The molecule has 0 aliphatic rings. The Morgan fingerprint density at radius 1 is 0.733 bits per heavy atom. The number of carboxylic acids is 4. The molecule has 0 heterocycles. The lowest BCUT2D eigenvalue weighted by Crippen LogP contribution is -2.31. The normalized spacial score (nSPS) is 13.9. The SMILES string of the molecule is NCCC(N)O.O=C(O)CC(C(=O)O)S(=O)(=O)O.O=C(O)CC(C(=O)O)S(=O)(=O)O. The lowest BCUT2D eigenvalue weighted by molar-refractivity contribution is -0.143. The van der Waals surface area contributed by atoms with Crippen molar-refractivity contribution in [3.05, 3.63) is 0 Å². The minimum atomic E-state index is -4.84. The molecule has 3 atom stereocenters. The molecule has 3 unspecified atom stereocenters. The van der Waals surface area contributed by atoms with E-state index in [9.17, 15) is 36.0 Å². The highest BCUT2D eigenvalue weighted by molar-refractivity contribution is 7.87. The fourth-order valence-electron chi connectivity index (χ4n) is 1.13. The van der Waals surface area contributed by atoms with E-state index in [1.807, 2.05) is 0 Å². The lowest BCUT2D eigenvalue weighted by atomic mass is 10.3. The van der Waals surface area contributed by atoms with Gasteiger partial charge >= 0.3 is 23.9 Å². The van der Waals surface area contributed by atoms with E-state index >= 15 is 0 Å². The molecule has 0 saturated heterocycles. The van der Waals surface area contributed by atoms with Crippen LogP contribution >= 0.6 is 0 Å². The van der Waals surface area contributed by atoms with Crippen molar-refractivity contribution in [3.63, 3.8) is 0 Å². The van der Waals surface area contributed by atoms with Crippen molar-refractivity contribution >= 4 is 44.1 Å². The summed E-state index contributed by atoms with van der Waals surface area (Å²) in [5.74, 6) is -7.00. The monoisotopic (exact) mass is 486 g/mol. The maximum absolute atomic E-state index is 10.2. The molecule has 17 nitrogen and oxygen atoms in total. The van der Waals surface area contributed by atoms with Crippen LogP contribution in [0.2, 0.25) is 0 Å². The quantitative estimate of drug-likeness (QED) is 0.105. The standard InChI is InChI=1S/2C4H6O7S.C3H10N2O/c2*5-3(6)1-2(4(7)8)12(9,10)11;4-2-1-3(5)6/h2*2H,1H2,(H,5,6)(H,7,8)(H,9,10,11);3,6H,1-2,4-5H2. The van der Waals surface area contributed by atoms with E-state index < -0.39 is 73.7 Å². The van der Waals surface area contributed by atoms with Gasteiger partial charge in [-0.25, -0.2) is 0 Å². The average molecular weight is 486 g/mol. The van der Waals surface area contributed by atoms with Gasteiger partial charge in [0, 0.05) is 0 Å². The topological polar surface area (TPSA) is 330 Å². The molecule has 0 aliphatic heterocycles. The van der Waals surface area contributed by atoms with Gasteiger partial charge in [0.25, 0.3) is 20.2 Å². The van der Waals surface area contributed by atoms with Crippen molar-refractivity contribution in [2.45, 2.75) is 36.0 Å². The number of hydrogen-bond donors (Lipinski definition) is 9. The van der Waals surface area contributed by atoms with Crippen LogP contribution < -0.4 is 11.5 Å². The highest BCUT2D eigenvalue weighted by Crippen LogP contribution is 2.05. The zero-order valence-corrected chi connectivity index (χ0v) is 16.6. The van der Waals surface area contributed by atoms with Gasteiger partial charge in [-0.15, -0.1) is 0 Å². The number of rotatable bonds is 10. The number of nitrogens with two attached hydrogens (primary N) is 2. The first-order valence-electron chi connectivity index (χ1n) is 7.22. The predicted octanol–water partition coefficient (Wildman–Crippen LogP) is -3.78. The van der Waals surface area contributed by atoms with Crippen LogP contribution in [0.4, 0.5) is 0 Å². The van der Waals surface area contributed by atoms with Crippen molar-refractivity contribution in [2.75, 3.05) is 6.54 Å². The molecule has 19 heteroatoms. The second kappa shape index (κ2) is 14.5. The molecule has 11 N–H and O–H groups in total. The minimum Gasteiger partial charge on any atom is -0.481 e. The highest BCUT2D eigenvalue weighted by Gasteiger charge is 2.33. The third kappa shape index (κ3) is 18.9. The van der Waals surface area contributed by atoms with E-state index in [2.05, 4.69) is 0 Å². The van der Waals surface area contributed by atoms with E-state index in [0.717, 1.165) is 0 Å². The van der Waals surface area contributed by atoms with Crippen LogP contribution in [0.1, 0.15) is 19.3 Å². The Balaban J connectivity index is -0.000000386. The van der Waals surface area contributed by atoms with Crippen molar-refractivity contribution < 1.29 is 70.7 Å². The second-order valence-electron chi connectivity index (χ2n) is 5.02. The van der Waals surface area contributed by atoms with Crippen LogP contribution in [-0.2, 0) is 39.4 Å². The first kappa shape index (κ1) is 32.3. The van der Waals surface area contributed by atoms with Gasteiger partial charge in [-0.2, -0.15) is 16.8 Å². The minimum absolute atomic E-state index is 0.456. The summed E-state index contributed by atoms with van der Waals surface area (Å²) in [5.41, 5.74) is 9.87. The molecule has 0 radical (unpaired) electrons. The second-order valence-corrected chi connectivity index (χ2v) is 8.22. The number of hydrogen-bond acceptors (Lipinski definition) is 11. The summed E-state index contributed by atoms with van der Waals surface area (Å²) in [6, 6.07) is 0. The average Bonchev–Trinajstić information content (AvgIpc) is 2.48. The number of carboxylic acid groups (broad SMARTS) is 4. The Hall–Kier alpha value is -2.42. The van der Waals surface area contributed by atoms with Crippen LogP contribution in [-0.4, -0.2) is 98.6 Å². The van der Waals surface area contributed by atoms with Gasteiger partial charge in [0.1, 0.15) is 6.23 Å². The first-order valence-corrected chi connectivity index (χ1v) is 10.2.